The number of hydrogen-bond donors (Lipinski definition) is 0. The number of likely N-dealkylation sites (tertiary alicyclic amines) is 2. The lowest BCUT2D eigenvalue weighted by Gasteiger charge is -2.32. The first-order chi connectivity index (χ1) is 14.8. The van der Waals surface area contributed by atoms with Crippen molar-refractivity contribution in [3.8, 4) is 5.75 Å². The smallest absolute Gasteiger partial charge is 0.187 e. The molecular weight excluding hydrogens is 392 g/mol. The molecule has 4 rings (SSSR count). The average Bonchev–Trinajstić information content (AvgIpc) is 3.29. The van der Waals surface area contributed by atoms with Crippen molar-refractivity contribution in [3.63, 3.8) is 0 Å². The minimum Gasteiger partial charge on any atom is -0.494 e. The number of rotatable bonds is 9. The second kappa shape index (κ2) is 11.1. The van der Waals surface area contributed by atoms with Gasteiger partial charge in [-0.1, -0.05) is 30.0 Å². The van der Waals surface area contributed by atoms with Crippen LogP contribution in [0.1, 0.15) is 49.8 Å². The Bertz CT molecular complexity index is 796. The van der Waals surface area contributed by atoms with Crippen molar-refractivity contribution >= 4 is 11.8 Å². The van der Waals surface area contributed by atoms with Crippen molar-refractivity contribution < 1.29 is 4.74 Å². The molecule has 2 aromatic rings. The van der Waals surface area contributed by atoms with Gasteiger partial charge in [-0.3, -0.25) is 4.90 Å². The largest absolute Gasteiger partial charge is 0.494 e. The van der Waals surface area contributed by atoms with Gasteiger partial charge in [0.1, 0.15) is 5.75 Å². The molecule has 1 aromatic heterocycles. The van der Waals surface area contributed by atoms with Gasteiger partial charge in [-0.05, 0) is 64.4 Å². The molecule has 0 spiro atoms. The quantitative estimate of drug-likeness (QED) is 0.436. The van der Waals surface area contributed by atoms with E-state index in [9.17, 15) is 0 Å². The van der Waals surface area contributed by atoms with Gasteiger partial charge in [0.15, 0.2) is 5.16 Å². The molecule has 2 fully saturated rings. The fourth-order valence-corrected chi connectivity index (χ4v) is 5.37. The Labute approximate surface area is 185 Å². The molecule has 2 saturated heterocycles. The molecule has 1 aromatic carbocycles. The fraction of sp³-hybridized carbons (Fsp3) is 0.583. The van der Waals surface area contributed by atoms with Crippen LogP contribution in [0.4, 0.5) is 0 Å². The van der Waals surface area contributed by atoms with Crippen LogP contribution in [0, 0.1) is 0 Å². The van der Waals surface area contributed by atoms with E-state index < -0.39 is 0 Å². The lowest BCUT2D eigenvalue weighted by molar-refractivity contribution is 0.195. The number of aromatic nitrogens is 2. The van der Waals surface area contributed by atoms with E-state index in [4.69, 9.17) is 9.72 Å². The zero-order valence-electron chi connectivity index (χ0n) is 18.1. The molecule has 0 radical (unpaired) electrons. The third-order valence-corrected chi connectivity index (χ3v) is 6.92. The van der Waals surface area contributed by atoms with Gasteiger partial charge in [0, 0.05) is 48.8 Å². The molecule has 0 unspecified atom stereocenters. The van der Waals surface area contributed by atoms with Gasteiger partial charge in [-0.2, -0.15) is 0 Å². The summed E-state index contributed by atoms with van der Waals surface area (Å²) in [6.07, 6.45) is 7.07. The van der Waals surface area contributed by atoms with Crippen LogP contribution in [0.5, 0.6) is 5.75 Å². The monoisotopic (exact) mass is 426 g/mol. The molecule has 3 heterocycles. The molecule has 0 aliphatic carbocycles. The third-order valence-electron chi connectivity index (χ3n) is 6.08. The summed E-state index contributed by atoms with van der Waals surface area (Å²) in [5.41, 5.74) is 2.48. The first-order valence-corrected chi connectivity index (χ1v) is 12.4. The number of nitrogens with zero attached hydrogens (tertiary/aromatic N) is 4. The summed E-state index contributed by atoms with van der Waals surface area (Å²) in [5.74, 6) is 2.58. The van der Waals surface area contributed by atoms with Gasteiger partial charge in [0.05, 0.1) is 6.61 Å². The van der Waals surface area contributed by atoms with E-state index in [2.05, 4.69) is 45.1 Å². The first-order valence-electron chi connectivity index (χ1n) is 11.4. The summed E-state index contributed by atoms with van der Waals surface area (Å²) in [7, 11) is 0. The fourth-order valence-electron chi connectivity index (χ4n) is 4.54. The minimum atomic E-state index is 0.485. The molecular formula is C24H34N4OS. The Kier molecular flexibility index (Phi) is 8.01. The van der Waals surface area contributed by atoms with Crippen molar-refractivity contribution in [2.45, 2.75) is 50.2 Å². The molecule has 2 aliphatic heterocycles. The lowest BCUT2D eigenvalue weighted by Crippen LogP contribution is -2.34. The molecule has 30 heavy (non-hydrogen) atoms. The average molecular weight is 427 g/mol. The maximum Gasteiger partial charge on any atom is 0.187 e. The van der Waals surface area contributed by atoms with E-state index in [-0.39, 0.29) is 0 Å². The van der Waals surface area contributed by atoms with Crippen LogP contribution in [0.2, 0.25) is 0 Å². The van der Waals surface area contributed by atoms with Crippen molar-refractivity contribution in [1.82, 2.24) is 19.8 Å². The first kappa shape index (κ1) is 21.6. The number of thioether (sulfide) groups is 1. The molecule has 1 atom stereocenters. The topological polar surface area (TPSA) is 41.5 Å². The summed E-state index contributed by atoms with van der Waals surface area (Å²) < 4.78 is 5.83. The van der Waals surface area contributed by atoms with Gasteiger partial charge in [-0.25, -0.2) is 9.97 Å². The Morgan fingerprint density at radius 1 is 1.07 bits per heavy atom. The number of benzene rings is 1. The van der Waals surface area contributed by atoms with E-state index in [0.29, 0.717) is 12.5 Å². The highest BCUT2D eigenvalue weighted by molar-refractivity contribution is 7.99. The zero-order chi connectivity index (χ0) is 20.6. The lowest BCUT2D eigenvalue weighted by atomic mass is 9.94. The normalized spacial score (nSPS) is 20.5. The summed E-state index contributed by atoms with van der Waals surface area (Å²) in [6, 6.07) is 10.5. The van der Waals surface area contributed by atoms with Crippen LogP contribution in [0.3, 0.4) is 0 Å². The molecule has 0 amide bonds. The molecule has 0 bridgehead atoms. The van der Waals surface area contributed by atoms with Crippen molar-refractivity contribution in [2.24, 2.45) is 0 Å². The van der Waals surface area contributed by atoms with E-state index in [0.717, 1.165) is 42.8 Å². The van der Waals surface area contributed by atoms with Crippen molar-refractivity contribution in [1.29, 1.82) is 0 Å². The van der Waals surface area contributed by atoms with Gasteiger partial charge in [0.25, 0.3) is 0 Å². The second-order valence-electron chi connectivity index (χ2n) is 8.28. The molecule has 2 aliphatic rings. The molecule has 0 saturated carbocycles. The van der Waals surface area contributed by atoms with Gasteiger partial charge in [-0.15, -0.1) is 0 Å². The molecule has 0 N–H and O–H groups in total. The number of piperidine rings is 1. The van der Waals surface area contributed by atoms with Crippen molar-refractivity contribution in [2.75, 3.05) is 45.1 Å². The zero-order valence-corrected chi connectivity index (χ0v) is 18.9. The maximum absolute atomic E-state index is 5.83. The van der Waals surface area contributed by atoms with Crippen molar-refractivity contribution in [3.05, 3.63) is 47.8 Å². The Hall–Kier alpha value is -1.63. The number of ether oxygens (including phenoxy) is 1. The summed E-state index contributed by atoms with van der Waals surface area (Å²) in [5, 5.41) is 0.936. The van der Waals surface area contributed by atoms with Crippen LogP contribution < -0.4 is 4.74 Å². The molecule has 6 heteroatoms. The van der Waals surface area contributed by atoms with E-state index >= 15 is 0 Å². The van der Waals surface area contributed by atoms with Crippen LogP contribution in [0.25, 0.3) is 0 Å². The van der Waals surface area contributed by atoms with Crippen LogP contribution in [-0.2, 0) is 6.54 Å². The summed E-state index contributed by atoms with van der Waals surface area (Å²) in [4.78, 5) is 14.6. The SMILES string of the molecule is CCOc1ccccc1CN1CCC[C@H](c2ccnc(SCCN3CCCC3)n2)C1. The van der Waals surface area contributed by atoms with Gasteiger partial charge < -0.3 is 9.64 Å². The highest BCUT2D eigenvalue weighted by Crippen LogP contribution is 2.29. The molecule has 5 nitrogen and oxygen atoms in total. The predicted octanol–water partition coefficient (Wildman–Crippen LogP) is 4.44. The van der Waals surface area contributed by atoms with Gasteiger partial charge >= 0.3 is 0 Å². The van der Waals surface area contributed by atoms with Crippen LogP contribution >= 0.6 is 11.8 Å². The predicted molar refractivity (Wildman–Crippen MR) is 123 cm³/mol. The summed E-state index contributed by atoms with van der Waals surface area (Å²) in [6.45, 7) is 9.54. The highest BCUT2D eigenvalue weighted by Gasteiger charge is 2.23. The van der Waals surface area contributed by atoms with E-state index in [1.165, 1.54) is 50.0 Å². The van der Waals surface area contributed by atoms with E-state index in [1.807, 2.05) is 13.1 Å². The Morgan fingerprint density at radius 2 is 1.90 bits per heavy atom. The highest BCUT2D eigenvalue weighted by atomic mass is 32.2. The Morgan fingerprint density at radius 3 is 2.77 bits per heavy atom. The standard InChI is InChI=1S/C24H34N4OS/c1-2-29-23-10-4-3-8-21(23)19-28-15-7-9-20(18-28)22-11-12-25-24(26-22)30-17-16-27-13-5-6-14-27/h3-4,8,10-12,20H,2,5-7,9,13-19H2,1H3/t20-/m0/s1. The Balaban J connectivity index is 1.34. The summed E-state index contributed by atoms with van der Waals surface area (Å²) >= 11 is 1.80. The van der Waals surface area contributed by atoms with Gasteiger partial charge in [0.2, 0.25) is 0 Å². The van der Waals surface area contributed by atoms with E-state index in [1.54, 1.807) is 11.8 Å². The number of para-hydroxylation sites is 1. The minimum absolute atomic E-state index is 0.485. The second-order valence-corrected chi connectivity index (χ2v) is 9.34. The van der Waals surface area contributed by atoms with Crippen LogP contribution in [0.15, 0.2) is 41.7 Å². The maximum atomic E-state index is 5.83. The number of hydrogen-bond acceptors (Lipinski definition) is 6. The van der Waals surface area contributed by atoms with Crippen LogP contribution in [-0.4, -0.2) is 64.9 Å². The third kappa shape index (κ3) is 5.96. The molecule has 162 valence electrons.